The second-order valence-electron chi connectivity index (χ2n) is 5.81. The molecule has 0 aliphatic heterocycles. The summed E-state index contributed by atoms with van der Waals surface area (Å²) in [6.07, 6.45) is 0. The Balaban J connectivity index is 1.79. The van der Waals surface area contributed by atoms with Gasteiger partial charge in [-0.05, 0) is 37.3 Å². The van der Waals surface area contributed by atoms with Gasteiger partial charge in [0.15, 0.2) is 0 Å². The summed E-state index contributed by atoms with van der Waals surface area (Å²) >= 11 is 0. The highest BCUT2D eigenvalue weighted by Crippen LogP contribution is 2.17. The van der Waals surface area contributed by atoms with E-state index in [9.17, 15) is 14.4 Å². The van der Waals surface area contributed by atoms with E-state index in [1.54, 1.807) is 60.7 Å². The highest BCUT2D eigenvalue weighted by molar-refractivity contribution is 6.49. The number of carbonyl (C=O) groups is 3. The lowest BCUT2D eigenvalue weighted by Gasteiger charge is -2.06. The van der Waals surface area contributed by atoms with Crippen molar-refractivity contribution in [2.24, 2.45) is 0 Å². The van der Waals surface area contributed by atoms with E-state index in [-0.39, 0.29) is 11.3 Å². The number of ether oxygens (including phenoxy) is 1. The fourth-order valence-electron chi connectivity index (χ4n) is 2.49. The van der Waals surface area contributed by atoms with Crippen molar-refractivity contribution in [2.75, 3.05) is 0 Å². The zero-order chi connectivity index (χ0) is 18.5. The summed E-state index contributed by atoms with van der Waals surface area (Å²) in [4.78, 5) is 37.0. The minimum atomic E-state index is -0.645. The summed E-state index contributed by atoms with van der Waals surface area (Å²) in [6.45, 7) is 1.85. The lowest BCUT2D eigenvalue weighted by atomic mass is 10.0. The molecule has 0 heterocycles. The number of benzene rings is 3. The van der Waals surface area contributed by atoms with E-state index < -0.39 is 17.5 Å². The van der Waals surface area contributed by atoms with Gasteiger partial charge in [-0.3, -0.25) is 9.59 Å². The van der Waals surface area contributed by atoms with Crippen molar-refractivity contribution >= 4 is 17.5 Å². The molecule has 0 aliphatic carbocycles. The van der Waals surface area contributed by atoms with E-state index in [1.165, 1.54) is 12.1 Å². The summed E-state index contributed by atoms with van der Waals surface area (Å²) in [5, 5.41) is 0. The van der Waals surface area contributed by atoms with Gasteiger partial charge >= 0.3 is 5.97 Å². The van der Waals surface area contributed by atoms with Crippen LogP contribution in [0, 0.1) is 6.92 Å². The number of ketones is 2. The van der Waals surface area contributed by atoms with Crippen LogP contribution in [0.4, 0.5) is 0 Å². The van der Waals surface area contributed by atoms with E-state index >= 15 is 0 Å². The summed E-state index contributed by atoms with van der Waals surface area (Å²) in [6, 6.07) is 21.5. The van der Waals surface area contributed by atoms with Crippen molar-refractivity contribution in [2.45, 2.75) is 6.92 Å². The molecule has 0 radical (unpaired) electrons. The molecule has 3 rings (SSSR count). The number of aryl methyl sites for hydroxylation is 1. The van der Waals surface area contributed by atoms with Gasteiger partial charge in [0.05, 0.1) is 5.56 Å². The number of Topliss-reactive ketones (excluding diaryl/α,β-unsaturated/α-hetero) is 2. The van der Waals surface area contributed by atoms with Crippen molar-refractivity contribution in [3.63, 3.8) is 0 Å². The molecule has 0 unspecified atom stereocenters. The van der Waals surface area contributed by atoms with Crippen LogP contribution >= 0.6 is 0 Å². The first-order chi connectivity index (χ1) is 12.5. The van der Waals surface area contributed by atoms with Gasteiger partial charge in [0.25, 0.3) is 0 Å². The average Bonchev–Trinajstić information content (AvgIpc) is 2.67. The first kappa shape index (κ1) is 17.3. The van der Waals surface area contributed by atoms with Gasteiger partial charge in [0.1, 0.15) is 5.75 Å². The molecule has 4 heteroatoms. The van der Waals surface area contributed by atoms with Gasteiger partial charge in [-0.15, -0.1) is 0 Å². The summed E-state index contributed by atoms with van der Waals surface area (Å²) < 4.78 is 5.29. The molecule has 0 bridgehead atoms. The summed E-state index contributed by atoms with van der Waals surface area (Å²) in [7, 11) is 0. The second kappa shape index (κ2) is 7.57. The van der Waals surface area contributed by atoms with E-state index in [0.29, 0.717) is 11.1 Å². The van der Waals surface area contributed by atoms with Gasteiger partial charge < -0.3 is 4.74 Å². The maximum Gasteiger partial charge on any atom is 0.343 e. The number of hydrogen-bond acceptors (Lipinski definition) is 4. The molecule has 0 spiro atoms. The monoisotopic (exact) mass is 344 g/mol. The van der Waals surface area contributed by atoms with Gasteiger partial charge in [-0.1, -0.05) is 54.1 Å². The van der Waals surface area contributed by atoms with Gasteiger partial charge in [-0.2, -0.15) is 0 Å². The fourth-order valence-corrected chi connectivity index (χ4v) is 2.49. The number of rotatable bonds is 5. The Labute approximate surface area is 151 Å². The average molecular weight is 344 g/mol. The third-order valence-corrected chi connectivity index (χ3v) is 3.80. The largest absolute Gasteiger partial charge is 0.423 e. The minimum Gasteiger partial charge on any atom is -0.423 e. The van der Waals surface area contributed by atoms with E-state index in [2.05, 4.69) is 0 Å². The van der Waals surface area contributed by atoms with Crippen LogP contribution in [-0.2, 0) is 0 Å². The summed E-state index contributed by atoms with van der Waals surface area (Å²) in [5.74, 6) is -1.56. The van der Waals surface area contributed by atoms with Crippen molar-refractivity contribution in [3.05, 3.63) is 101 Å². The van der Waals surface area contributed by atoms with Crippen molar-refractivity contribution in [3.8, 4) is 5.75 Å². The Morgan fingerprint density at radius 1 is 0.654 bits per heavy atom. The normalized spacial score (nSPS) is 10.2. The zero-order valence-corrected chi connectivity index (χ0v) is 14.1. The van der Waals surface area contributed by atoms with Crippen molar-refractivity contribution in [1.29, 1.82) is 0 Å². The minimum absolute atomic E-state index is 0.176. The SMILES string of the molecule is Cc1cccc(C(=O)C(=O)c2cccc(OC(=O)c3ccccc3)c2)c1. The van der Waals surface area contributed by atoms with E-state index in [4.69, 9.17) is 4.74 Å². The Hall–Kier alpha value is -3.53. The zero-order valence-electron chi connectivity index (χ0n) is 14.1. The molecule has 3 aromatic rings. The molecule has 0 saturated heterocycles. The van der Waals surface area contributed by atoms with Crippen molar-refractivity contribution < 1.29 is 19.1 Å². The molecule has 4 nitrogen and oxygen atoms in total. The van der Waals surface area contributed by atoms with Crippen molar-refractivity contribution in [1.82, 2.24) is 0 Å². The smallest absolute Gasteiger partial charge is 0.343 e. The molecule has 0 amide bonds. The molecule has 26 heavy (non-hydrogen) atoms. The van der Waals surface area contributed by atoms with E-state index in [1.807, 2.05) is 13.0 Å². The second-order valence-corrected chi connectivity index (χ2v) is 5.81. The molecule has 3 aromatic carbocycles. The van der Waals surface area contributed by atoms with Crippen LogP contribution in [0.5, 0.6) is 5.75 Å². The first-order valence-corrected chi connectivity index (χ1v) is 8.07. The van der Waals surface area contributed by atoms with Crippen LogP contribution in [-0.4, -0.2) is 17.5 Å². The van der Waals surface area contributed by atoms with Crippen LogP contribution < -0.4 is 4.74 Å². The van der Waals surface area contributed by atoms with Crippen LogP contribution in [0.25, 0.3) is 0 Å². The van der Waals surface area contributed by atoms with Crippen LogP contribution in [0.2, 0.25) is 0 Å². The van der Waals surface area contributed by atoms with Crippen LogP contribution in [0.1, 0.15) is 36.6 Å². The first-order valence-electron chi connectivity index (χ1n) is 8.07. The van der Waals surface area contributed by atoms with Gasteiger partial charge in [0, 0.05) is 11.1 Å². The molecular weight excluding hydrogens is 328 g/mol. The Morgan fingerprint density at radius 3 is 1.88 bits per heavy atom. The predicted molar refractivity (Wildman–Crippen MR) is 97.7 cm³/mol. The number of hydrogen-bond donors (Lipinski definition) is 0. The molecule has 0 fully saturated rings. The highest BCUT2D eigenvalue weighted by Gasteiger charge is 2.19. The molecule has 0 atom stereocenters. The molecular formula is C22H16O4. The van der Waals surface area contributed by atoms with E-state index in [0.717, 1.165) is 5.56 Å². The van der Waals surface area contributed by atoms with Gasteiger partial charge in [0.2, 0.25) is 11.6 Å². The molecule has 0 aromatic heterocycles. The van der Waals surface area contributed by atoms with Gasteiger partial charge in [-0.25, -0.2) is 4.79 Å². The highest BCUT2D eigenvalue weighted by atomic mass is 16.5. The van der Waals surface area contributed by atoms with Crippen LogP contribution in [0.15, 0.2) is 78.9 Å². The lowest BCUT2D eigenvalue weighted by Crippen LogP contribution is -2.15. The third kappa shape index (κ3) is 3.92. The summed E-state index contributed by atoms with van der Waals surface area (Å²) in [5.41, 5.74) is 1.81. The molecule has 0 saturated carbocycles. The lowest BCUT2D eigenvalue weighted by molar-refractivity contribution is 0.0733. The number of esters is 1. The standard InChI is InChI=1S/C22H16O4/c1-15-7-5-10-17(13-15)20(23)21(24)18-11-6-12-19(14-18)26-22(25)16-8-3-2-4-9-16/h2-14H,1H3. The fraction of sp³-hybridized carbons (Fsp3) is 0.0455. The Bertz CT molecular complexity index is 974. The third-order valence-electron chi connectivity index (χ3n) is 3.80. The van der Waals surface area contributed by atoms with Crippen LogP contribution in [0.3, 0.4) is 0 Å². The topological polar surface area (TPSA) is 60.4 Å². The Kier molecular flexibility index (Phi) is 5.04. The molecule has 128 valence electrons. The number of carbonyl (C=O) groups excluding carboxylic acids is 3. The maximum atomic E-state index is 12.5. The molecule has 0 aliphatic rings. The quantitative estimate of drug-likeness (QED) is 0.300. The Morgan fingerprint density at radius 2 is 1.23 bits per heavy atom. The predicted octanol–water partition coefficient (Wildman–Crippen LogP) is 4.28. The maximum absolute atomic E-state index is 12.5. The molecule has 0 N–H and O–H groups in total.